The number of piperidine rings is 1. The van der Waals surface area contributed by atoms with E-state index in [0.29, 0.717) is 6.54 Å². The lowest BCUT2D eigenvalue weighted by Crippen LogP contribution is -2.44. The number of halogens is 1. The van der Waals surface area contributed by atoms with Gasteiger partial charge in [-0.15, -0.1) is 24.0 Å². The molecule has 0 spiro atoms. The Morgan fingerprint density at radius 2 is 1.93 bits per heavy atom. The third-order valence-corrected chi connectivity index (χ3v) is 5.50. The second kappa shape index (κ2) is 13.2. The number of anilines is 1. The van der Waals surface area contributed by atoms with E-state index in [1.54, 1.807) is 0 Å². The van der Waals surface area contributed by atoms with Gasteiger partial charge >= 0.3 is 0 Å². The molecule has 2 fully saturated rings. The highest BCUT2D eigenvalue weighted by molar-refractivity contribution is 14.0. The zero-order valence-corrected chi connectivity index (χ0v) is 20.2. The molecule has 2 aliphatic rings. The number of ether oxygens (including phenoxy) is 1. The van der Waals surface area contributed by atoms with Crippen molar-refractivity contribution in [1.29, 1.82) is 0 Å². The van der Waals surface area contributed by atoms with E-state index in [-0.39, 0.29) is 24.0 Å². The highest BCUT2D eigenvalue weighted by Gasteiger charge is 2.16. The first-order valence-corrected chi connectivity index (χ1v) is 10.8. The summed E-state index contributed by atoms with van der Waals surface area (Å²) in [5.41, 5.74) is 1.14. The lowest BCUT2D eigenvalue weighted by Gasteiger charge is -2.31. The first-order chi connectivity index (χ1) is 13.7. The molecule has 2 aliphatic heterocycles. The van der Waals surface area contributed by atoms with Crippen molar-refractivity contribution in [3.8, 4) is 0 Å². The van der Waals surface area contributed by atoms with Crippen molar-refractivity contribution in [2.75, 3.05) is 63.9 Å². The van der Waals surface area contributed by atoms with E-state index in [1.165, 1.54) is 12.8 Å². The van der Waals surface area contributed by atoms with Crippen molar-refractivity contribution >= 4 is 35.8 Å². The van der Waals surface area contributed by atoms with Crippen molar-refractivity contribution in [3.63, 3.8) is 0 Å². The largest absolute Gasteiger partial charge is 0.379 e. The number of rotatable bonds is 7. The van der Waals surface area contributed by atoms with Gasteiger partial charge in [0.15, 0.2) is 5.96 Å². The molecule has 0 atom stereocenters. The minimum Gasteiger partial charge on any atom is -0.379 e. The molecule has 7 nitrogen and oxygen atoms in total. The highest BCUT2D eigenvalue weighted by Crippen LogP contribution is 2.21. The van der Waals surface area contributed by atoms with E-state index >= 15 is 0 Å². The Morgan fingerprint density at radius 3 is 2.59 bits per heavy atom. The number of aromatic nitrogens is 1. The standard InChI is InChI=1S/C21H36N6O.HI/c1-3-22-21(23-8-11-26-12-14-28-15-13-26)25-17-19-4-5-20(24-16-19)27-9-6-18(2)7-10-27;/h4-5,16,18H,3,6-15,17H2,1-2H3,(H2,22,23,25);1H. The third-order valence-electron chi connectivity index (χ3n) is 5.50. The number of morpholine rings is 1. The molecule has 0 aromatic carbocycles. The summed E-state index contributed by atoms with van der Waals surface area (Å²) in [7, 11) is 0. The van der Waals surface area contributed by atoms with Gasteiger partial charge in [0, 0.05) is 52.0 Å². The fourth-order valence-corrected chi connectivity index (χ4v) is 3.60. The summed E-state index contributed by atoms with van der Waals surface area (Å²) < 4.78 is 5.40. The average Bonchev–Trinajstić information content (AvgIpc) is 2.74. The Labute approximate surface area is 192 Å². The Balaban J connectivity index is 0.00000300. The highest BCUT2D eigenvalue weighted by atomic mass is 127. The van der Waals surface area contributed by atoms with E-state index in [0.717, 1.165) is 82.3 Å². The summed E-state index contributed by atoms with van der Waals surface area (Å²) in [5, 5.41) is 6.76. The Hall–Kier alpha value is -1.13. The molecule has 0 bridgehead atoms. The number of nitrogens with zero attached hydrogens (tertiary/aromatic N) is 4. The van der Waals surface area contributed by atoms with Gasteiger partial charge in [-0.05, 0) is 37.3 Å². The van der Waals surface area contributed by atoms with Crippen molar-refractivity contribution in [3.05, 3.63) is 23.9 Å². The SMILES string of the molecule is CCNC(=NCc1ccc(N2CCC(C)CC2)nc1)NCCN1CCOCC1.I. The molecule has 2 N–H and O–H groups in total. The van der Waals surface area contributed by atoms with Gasteiger partial charge in [-0.2, -0.15) is 0 Å². The molecule has 0 aliphatic carbocycles. The van der Waals surface area contributed by atoms with Crippen molar-refractivity contribution in [2.45, 2.75) is 33.2 Å². The van der Waals surface area contributed by atoms with Gasteiger partial charge in [0.25, 0.3) is 0 Å². The van der Waals surface area contributed by atoms with E-state index < -0.39 is 0 Å². The van der Waals surface area contributed by atoms with E-state index in [1.807, 2.05) is 6.20 Å². The molecule has 0 unspecified atom stereocenters. The molecule has 0 saturated carbocycles. The van der Waals surface area contributed by atoms with Crippen molar-refractivity contribution < 1.29 is 4.74 Å². The second-order valence-corrected chi connectivity index (χ2v) is 7.77. The normalized spacial score (nSPS) is 19.0. The monoisotopic (exact) mass is 516 g/mol. The van der Waals surface area contributed by atoms with Gasteiger partial charge < -0.3 is 20.3 Å². The van der Waals surface area contributed by atoms with E-state index in [4.69, 9.17) is 9.73 Å². The minimum absolute atomic E-state index is 0. The molecule has 164 valence electrons. The van der Waals surface area contributed by atoms with E-state index in [2.05, 4.69) is 51.4 Å². The van der Waals surface area contributed by atoms with Crippen LogP contribution in [0.25, 0.3) is 0 Å². The number of aliphatic imine (C=N–C) groups is 1. The van der Waals surface area contributed by atoms with Gasteiger partial charge in [0.1, 0.15) is 5.82 Å². The molecule has 3 rings (SSSR count). The molecule has 1 aromatic heterocycles. The van der Waals surface area contributed by atoms with Crippen molar-refractivity contribution in [1.82, 2.24) is 20.5 Å². The van der Waals surface area contributed by atoms with Crippen LogP contribution in [0.15, 0.2) is 23.3 Å². The van der Waals surface area contributed by atoms with Gasteiger partial charge in [0.2, 0.25) is 0 Å². The van der Waals surface area contributed by atoms with Gasteiger partial charge in [0.05, 0.1) is 19.8 Å². The predicted octanol–water partition coefficient (Wildman–Crippen LogP) is 2.32. The molecule has 0 amide bonds. The minimum atomic E-state index is 0. The maximum atomic E-state index is 5.40. The van der Waals surface area contributed by atoms with Crippen LogP contribution in [-0.4, -0.2) is 74.9 Å². The zero-order chi connectivity index (χ0) is 19.6. The molecular weight excluding hydrogens is 479 g/mol. The van der Waals surface area contributed by atoms with E-state index in [9.17, 15) is 0 Å². The number of guanidine groups is 1. The molecular formula is C21H37IN6O. The number of nitrogens with one attached hydrogen (secondary N) is 2. The molecule has 8 heteroatoms. The Morgan fingerprint density at radius 1 is 1.17 bits per heavy atom. The second-order valence-electron chi connectivity index (χ2n) is 7.77. The topological polar surface area (TPSA) is 65.0 Å². The Kier molecular flexibility index (Phi) is 11.0. The lowest BCUT2D eigenvalue weighted by molar-refractivity contribution is 0.0389. The fraction of sp³-hybridized carbons (Fsp3) is 0.714. The maximum absolute atomic E-state index is 5.40. The summed E-state index contributed by atoms with van der Waals surface area (Å²) in [5.74, 6) is 2.80. The van der Waals surface area contributed by atoms with Crippen LogP contribution in [-0.2, 0) is 11.3 Å². The van der Waals surface area contributed by atoms with Crippen LogP contribution in [0, 0.1) is 5.92 Å². The summed E-state index contributed by atoms with van der Waals surface area (Å²) in [6.45, 7) is 13.8. The van der Waals surface area contributed by atoms with Crippen LogP contribution in [0.3, 0.4) is 0 Å². The number of hydrogen-bond acceptors (Lipinski definition) is 5. The van der Waals surface area contributed by atoms with Crippen LogP contribution in [0.4, 0.5) is 5.82 Å². The predicted molar refractivity (Wildman–Crippen MR) is 130 cm³/mol. The summed E-state index contributed by atoms with van der Waals surface area (Å²) in [6, 6.07) is 4.29. The molecule has 2 saturated heterocycles. The average molecular weight is 516 g/mol. The van der Waals surface area contributed by atoms with Gasteiger partial charge in [-0.25, -0.2) is 9.98 Å². The zero-order valence-electron chi connectivity index (χ0n) is 17.9. The van der Waals surface area contributed by atoms with Gasteiger partial charge in [-0.3, -0.25) is 4.90 Å². The molecule has 0 radical (unpaired) electrons. The Bertz CT molecular complexity index is 598. The van der Waals surface area contributed by atoms with Gasteiger partial charge in [-0.1, -0.05) is 13.0 Å². The first-order valence-electron chi connectivity index (χ1n) is 10.8. The first kappa shape index (κ1) is 24.1. The lowest BCUT2D eigenvalue weighted by atomic mass is 9.99. The van der Waals surface area contributed by atoms with Crippen molar-refractivity contribution in [2.24, 2.45) is 10.9 Å². The molecule has 29 heavy (non-hydrogen) atoms. The maximum Gasteiger partial charge on any atom is 0.191 e. The molecule has 3 heterocycles. The van der Waals surface area contributed by atoms with Crippen LogP contribution in [0.1, 0.15) is 32.3 Å². The summed E-state index contributed by atoms with van der Waals surface area (Å²) in [4.78, 5) is 14.2. The smallest absolute Gasteiger partial charge is 0.191 e. The number of hydrogen-bond donors (Lipinski definition) is 2. The van der Waals surface area contributed by atoms with Crippen LogP contribution < -0.4 is 15.5 Å². The van der Waals surface area contributed by atoms with Crippen LogP contribution in [0.2, 0.25) is 0 Å². The fourth-order valence-electron chi connectivity index (χ4n) is 3.60. The summed E-state index contributed by atoms with van der Waals surface area (Å²) >= 11 is 0. The van der Waals surface area contributed by atoms with Crippen LogP contribution >= 0.6 is 24.0 Å². The third kappa shape index (κ3) is 8.25. The van der Waals surface area contributed by atoms with Crippen LogP contribution in [0.5, 0.6) is 0 Å². The quantitative estimate of drug-likeness (QED) is 0.330. The summed E-state index contributed by atoms with van der Waals surface area (Å²) in [6.07, 6.45) is 4.49. The number of pyridine rings is 1. The molecule has 1 aromatic rings.